The largest absolute Gasteiger partial charge is 0.331 e. The maximum absolute atomic E-state index is 12.2. The second kappa shape index (κ2) is 6.43. The van der Waals surface area contributed by atoms with Gasteiger partial charge in [-0.05, 0) is 49.3 Å². The second-order valence-electron chi connectivity index (χ2n) is 4.59. The molecule has 0 radical (unpaired) electrons. The van der Waals surface area contributed by atoms with Gasteiger partial charge in [-0.15, -0.1) is 0 Å². The third kappa shape index (κ3) is 3.42. The number of hydrazine groups is 1. The summed E-state index contributed by atoms with van der Waals surface area (Å²) in [6.07, 6.45) is 1.53. The fraction of sp³-hybridized carbons (Fsp3) is 0.133. The number of para-hydroxylation sites is 1. The van der Waals surface area contributed by atoms with E-state index in [1.54, 1.807) is 18.2 Å². The lowest BCUT2D eigenvalue weighted by molar-refractivity contribution is 0.0844. The normalized spacial score (nSPS) is 10.0. The van der Waals surface area contributed by atoms with Crippen LogP contribution in [0.15, 0.2) is 42.6 Å². The van der Waals surface area contributed by atoms with Gasteiger partial charge >= 0.3 is 0 Å². The van der Waals surface area contributed by atoms with Crippen molar-refractivity contribution in [3.05, 3.63) is 59.4 Å². The molecule has 0 aliphatic carbocycles. The number of rotatable bonds is 2. The number of nitrogens with one attached hydrogen (secondary N) is 1. The third-order valence-corrected chi connectivity index (χ3v) is 3.33. The number of aromatic nitrogens is 1. The van der Waals surface area contributed by atoms with Crippen molar-refractivity contribution in [2.75, 3.05) is 5.32 Å². The highest BCUT2D eigenvalue weighted by atomic mass is 32.1. The Kier molecular flexibility index (Phi) is 4.62. The Morgan fingerprint density at radius 2 is 1.86 bits per heavy atom. The summed E-state index contributed by atoms with van der Waals surface area (Å²) in [6, 6.07) is 10.9. The summed E-state index contributed by atoms with van der Waals surface area (Å²) in [4.78, 5) is 16.1. The molecule has 1 heterocycles. The SMILES string of the molecule is Cc1cccc(C)c1NC(=S)N(N)C(=O)c1ccccn1. The lowest BCUT2D eigenvalue weighted by atomic mass is 10.1. The van der Waals surface area contributed by atoms with Crippen molar-refractivity contribution in [1.29, 1.82) is 0 Å². The minimum atomic E-state index is -0.459. The van der Waals surface area contributed by atoms with Crippen LogP contribution < -0.4 is 11.2 Å². The number of carbonyl (C=O) groups is 1. The van der Waals surface area contributed by atoms with E-state index >= 15 is 0 Å². The standard InChI is InChI=1S/C15H16N4OS/c1-10-6-5-7-11(2)13(10)18-15(21)19(16)14(20)12-8-3-4-9-17-12/h3-9H,16H2,1-2H3,(H,18,21). The zero-order valence-electron chi connectivity index (χ0n) is 11.8. The van der Waals surface area contributed by atoms with E-state index in [9.17, 15) is 4.79 Å². The van der Waals surface area contributed by atoms with Gasteiger partial charge in [0, 0.05) is 11.9 Å². The van der Waals surface area contributed by atoms with Crippen LogP contribution in [0.25, 0.3) is 0 Å². The lowest BCUT2D eigenvalue weighted by Gasteiger charge is -2.20. The predicted octanol–water partition coefficient (Wildman–Crippen LogP) is 2.41. The molecule has 0 unspecified atom stereocenters. The summed E-state index contributed by atoms with van der Waals surface area (Å²) in [5.41, 5.74) is 3.14. The van der Waals surface area contributed by atoms with Gasteiger partial charge in [0.1, 0.15) is 5.69 Å². The monoisotopic (exact) mass is 300 g/mol. The van der Waals surface area contributed by atoms with Crippen molar-refractivity contribution >= 4 is 28.9 Å². The molecule has 0 saturated heterocycles. The Bertz CT molecular complexity index is 652. The molecule has 0 aliphatic rings. The van der Waals surface area contributed by atoms with Crippen LogP contribution in [0.3, 0.4) is 0 Å². The summed E-state index contributed by atoms with van der Waals surface area (Å²) < 4.78 is 0. The van der Waals surface area contributed by atoms with Crippen LogP contribution in [0, 0.1) is 13.8 Å². The smallest absolute Gasteiger partial charge is 0.292 e. The summed E-state index contributed by atoms with van der Waals surface area (Å²) in [6.45, 7) is 3.92. The highest BCUT2D eigenvalue weighted by molar-refractivity contribution is 7.80. The quantitative estimate of drug-likeness (QED) is 0.386. The van der Waals surface area contributed by atoms with Crippen LogP contribution in [-0.2, 0) is 0 Å². The minimum absolute atomic E-state index is 0.128. The highest BCUT2D eigenvalue weighted by Gasteiger charge is 2.18. The Balaban J connectivity index is 2.15. The maximum atomic E-state index is 12.2. The van der Waals surface area contributed by atoms with Gasteiger partial charge in [-0.2, -0.15) is 0 Å². The van der Waals surface area contributed by atoms with E-state index in [-0.39, 0.29) is 10.8 Å². The molecule has 21 heavy (non-hydrogen) atoms. The molecule has 0 saturated carbocycles. The third-order valence-electron chi connectivity index (χ3n) is 3.03. The van der Waals surface area contributed by atoms with Crippen molar-refractivity contribution in [2.24, 2.45) is 5.84 Å². The summed E-state index contributed by atoms with van der Waals surface area (Å²) in [5.74, 6) is 5.32. The van der Waals surface area contributed by atoms with Gasteiger partial charge in [-0.1, -0.05) is 24.3 Å². The van der Waals surface area contributed by atoms with Crippen molar-refractivity contribution in [1.82, 2.24) is 9.99 Å². The van der Waals surface area contributed by atoms with Gasteiger partial charge < -0.3 is 5.32 Å². The van der Waals surface area contributed by atoms with Crippen molar-refractivity contribution in [2.45, 2.75) is 13.8 Å². The molecule has 5 nitrogen and oxygen atoms in total. The molecule has 6 heteroatoms. The van der Waals surface area contributed by atoms with Gasteiger partial charge in [-0.25, -0.2) is 10.9 Å². The molecule has 1 aromatic carbocycles. The zero-order valence-corrected chi connectivity index (χ0v) is 12.6. The Hall–Kier alpha value is -2.31. The van der Waals surface area contributed by atoms with Crippen molar-refractivity contribution in [3.8, 4) is 0 Å². The van der Waals surface area contributed by atoms with E-state index in [0.29, 0.717) is 0 Å². The number of pyridine rings is 1. The van der Waals surface area contributed by atoms with Gasteiger partial charge in [0.2, 0.25) is 0 Å². The fourth-order valence-corrected chi connectivity index (χ4v) is 2.07. The van der Waals surface area contributed by atoms with Crippen LogP contribution in [0.5, 0.6) is 0 Å². The molecular weight excluding hydrogens is 284 g/mol. The summed E-state index contributed by atoms with van der Waals surface area (Å²) in [5, 5.41) is 4.03. The minimum Gasteiger partial charge on any atom is -0.331 e. The molecule has 1 aromatic heterocycles. The molecule has 0 bridgehead atoms. The van der Waals surface area contributed by atoms with Crippen molar-refractivity contribution in [3.63, 3.8) is 0 Å². The molecule has 2 aromatic rings. The molecule has 2 rings (SSSR count). The van der Waals surface area contributed by atoms with E-state index in [0.717, 1.165) is 21.8 Å². The van der Waals surface area contributed by atoms with E-state index in [1.807, 2.05) is 32.0 Å². The number of aryl methyl sites for hydroxylation is 2. The first kappa shape index (κ1) is 15.1. The number of nitrogens with two attached hydrogens (primary N) is 1. The van der Waals surface area contributed by atoms with E-state index in [1.165, 1.54) is 6.20 Å². The second-order valence-corrected chi connectivity index (χ2v) is 4.97. The number of hydrogen-bond acceptors (Lipinski definition) is 4. The van der Waals surface area contributed by atoms with Gasteiger partial charge in [0.05, 0.1) is 0 Å². The van der Waals surface area contributed by atoms with E-state index in [4.69, 9.17) is 18.1 Å². The number of hydrogen-bond donors (Lipinski definition) is 2. The molecule has 3 N–H and O–H groups in total. The molecule has 108 valence electrons. The average Bonchev–Trinajstić information content (AvgIpc) is 2.50. The number of thiocarbonyl (C=S) groups is 1. The summed E-state index contributed by atoms with van der Waals surface area (Å²) >= 11 is 5.20. The molecule has 0 aliphatic heterocycles. The van der Waals surface area contributed by atoms with Gasteiger partial charge in [0.25, 0.3) is 5.91 Å². The first-order chi connectivity index (χ1) is 10.0. The molecular formula is C15H16N4OS. The van der Waals surface area contributed by atoms with Crippen LogP contribution in [-0.4, -0.2) is 21.0 Å². The summed E-state index contributed by atoms with van der Waals surface area (Å²) in [7, 11) is 0. The number of benzene rings is 1. The molecule has 0 fully saturated rings. The fourth-order valence-electron chi connectivity index (χ4n) is 1.88. The van der Waals surface area contributed by atoms with E-state index < -0.39 is 5.91 Å². The Morgan fingerprint density at radius 3 is 2.43 bits per heavy atom. The number of anilines is 1. The predicted molar refractivity (Wildman–Crippen MR) is 86.7 cm³/mol. The van der Waals surface area contributed by atoms with Crippen LogP contribution in [0.1, 0.15) is 21.6 Å². The number of amides is 1. The molecule has 0 spiro atoms. The Morgan fingerprint density at radius 1 is 1.19 bits per heavy atom. The maximum Gasteiger partial charge on any atom is 0.292 e. The molecule has 1 amide bonds. The lowest BCUT2D eigenvalue weighted by Crippen LogP contribution is -2.45. The van der Waals surface area contributed by atoms with Gasteiger partial charge in [-0.3, -0.25) is 9.78 Å². The van der Waals surface area contributed by atoms with Crippen LogP contribution >= 0.6 is 12.2 Å². The van der Waals surface area contributed by atoms with Gasteiger partial charge in [0.15, 0.2) is 5.11 Å². The topological polar surface area (TPSA) is 71.2 Å². The number of nitrogens with zero attached hydrogens (tertiary/aromatic N) is 2. The first-order valence-electron chi connectivity index (χ1n) is 6.38. The zero-order chi connectivity index (χ0) is 15.4. The van der Waals surface area contributed by atoms with Crippen molar-refractivity contribution < 1.29 is 4.79 Å². The van der Waals surface area contributed by atoms with E-state index in [2.05, 4.69) is 10.3 Å². The highest BCUT2D eigenvalue weighted by Crippen LogP contribution is 2.19. The van der Waals surface area contributed by atoms with Crippen LogP contribution in [0.2, 0.25) is 0 Å². The average molecular weight is 300 g/mol. The van der Waals surface area contributed by atoms with Crippen LogP contribution in [0.4, 0.5) is 5.69 Å². The first-order valence-corrected chi connectivity index (χ1v) is 6.79. The number of carbonyl (C=O) groups excluding carboxylic acids is 1. The Labute approximate surface area is 128 Å². The molecule has 0 atom stereocenters.